The molecule has 1 heterocycles. The van der Waals surface area contributed by atoms with Gasteiger partial charge in [-0.1, -0.05) is 36.4 Å². The van der Waals surface area contributed by atoms with Gasteiger partial charge in [0, 0.05) is 10.8 Å². The Hall–Kier alpha value is -2.62. The number of para-hydroxylation sites is 2. The van der Waals surface area contributed by atoms with Crippen molar-refractivity contribution in [3.8, 4) is 0 Å². The van der Waals surface area contributed by atoms with Crippen LogP contribution in [0, 0.1) is 0 Å². The first-order valence-corrected chi connectivity index (χ1v) is 6.43. The molecule has 4 heteroatoms. The summed E-state index contributed by atoms with van der Waals surface area (Å²) in [5.41, 5.74) is 2.53. The molecule has 20 heavy (non-hydrogen) atoms. The molecule has 3 aromatic rings. The van der Waals surface area contributed by atoms with Crippen LogP contribution in [-0.2, 0) is 4.79 Å². The summed E-state index contributed by atoms with van der Waals surface area (Å²) in [5, 5.41) is 14.1. The SMILES string of the molecule is CC(Nc1c2ccccc2nc2ccccc12)C(=O)O. The van der Waals surface area contributed by atoms with Crippen LogP contribution in [0.2, 0.25) is 0 Å². The van der Waals surface area contributed by atoms with Crippen molar-refractivity contribution >= 4 is 33.5 Å². The summed E-state index contributed by atoms with van der Waals surface area (Å²) in [6.45, 7) is 1.63. The van der Waals surface area contributed by atoms with Crippen molar-refractivity contribution in [2.24, 2.45) is 0 Å². The maximum Gasteiger partial charge on any atom is 0.325 e. The minimum atomic E-state index is -0.880. The molecule has 0 radical (unpaired) electrons. The minimum absolute atomic E-state index is 0.663. The van der Waals surface area contributed by atoms with E-state index in [4.69, 9.17) is 5.11 Å². The predicted octanol–water partition coefficient (Wildman–Crippen LogP) is 3.27. The first-order chi connectivity index (χ1) is 9.66. The van der Waals surface area contributed by atoms with E-state index in [-0.39, 0.29) is 0 Å². The Morgan fingerprint density at radius 1 is 1.05 bits per heavy atom. The molecule has 0 saturated heterocycles. The zero-order valence-corrected chi connectivity index (χ0v) is 11.0. The van der Waals surface area contributed by atoms with Crippen molar-refractivity contribution in [3.05, 3.63) is 48.5 Å². The van der Waals surface area contributed by atoms with Gasteiger partial charge in [0.25, 0.3) is 0 Å². The van der Waals surface area contributed by atoms with Crippen molar-refractivity contribution in [1.29, 1.82) is 0 Å². The number of rotatable bonds is 3. The highest BCUT2D eigenvalue weighted by Gasteiger charge is 2.14. The molecule has 2 aromatic carbocycles. The number of anilines is 1. The summed E-state index contributed by atoms with van der Waals surface area (Å²) in [7, 11) is 0. The van der Waals surface area contributed by atoms with Gasteiger partial charge in [0.05, 0.1) is 16.7 Å². The van der Waals surface area contributed by atoms with Gasteiger partial charge in [0.1, 0.15) is 6.04 Å². The molecule has 0 spiro atoms. The lowest BCUT2D eigenvalue weighted by Crippen LogP contribution is -2.25. The number of hydrogen-bond donors (Lipinski definition) is 2. The van der Waals surface area contributed by atoms with Gasteiger partial charge in [-0.05, 0) is 19.1 Å². The number of aromatic nitrogens is 1. The highest BCUT2D eigenvalue weighted by atomic mass is 16.4. The fourth-order valence-electron chi connectivity index (χ4n) is 2.27. The number of hydrogen-bond acceptors (Lipinski definition) is 3. The molecule has 0 fully saturated rings. The van der Waals surface area contributed by atoms with E-state index in [9.17, 15) is 4.79 Å². The Balaban J connectivity index is 2.30. The zero-order valence-electron chi connectivity index (χ0n) is 11.0. The van der Waals surface area contributed by atoms with E-state index in [0.717, 1.165) is 27.5 Å². The molecule has 1 atom stereocenters. The summed E-state index contributed by atoms with van der Waals surface area (Å²) in [6.07, 6.45) is 0. The second-order valence-corrected chi connectivity index (χ2v) is 4.73. The van der Waals surface area contributed by atoms with E-state index in [1.807, 2.05) is 48.5 Å². The summed E-state index contributed by atoms with van der Waals surface area (Å²) in [4.78, 5) is 15.7. The Bertz CT molecular complexity index is 745. The molecule has 4 nitrogen and oxygen atoms in total. The maximum atomic E-state index is 11.1. The van der Waals surface area contributed by atoms with E-state index in [0.29, 0.717) is 0 Å². The quantitative estimate of drug-likeness (QED) is 0.714. The fourth-order valence-corrected chi connectivity index (χ4v) is 2.27. The van der Waals surface area contributed by atoms with E-state index in [1.54, 1.807) is 6.92 Å². The third-order valence-electron chi connectivity index (χ3n) is 3.32. The summed E-state index contributed by atoms with van der Waals surface area (Å²) >= 11 is 0. The number of pyridine rings is 1. The number of nitrogens with one attached hydrogen (secondary N) is 1. The molecule has 0 aliphatic carbocycles. The number of aliphatic carboxylic acids is 1. The number of fused-ring (bicyclic) bond motifs is 2. The van der Waals surface area contributed by atoms with Gasteiger partial charge in [-0.25, -0.2) is 4.98 Å². The minimum Gasteiger partial charge on any atom is -0.480 e. The van der Waals surface area contributed by atoms with E-state index >= 15 is 0 Å². The predicted molar refractivity (Wildman–Crippen MR) is 80.0 cm³/mol. The monoisotopic (exact) mass is 266 g/mol. The molecule has 2 N–H and O–H groups in total. The normalized spacial score (nSPS) is 12.4. The molecule has 100 valence electrons. The van der Waals surface area contributed by atoms with Crippen LogP contribution >= 0.6 is 0 Å². The van der Waals surface area contributed by atoms with E-state index in [1.165, 1.54) is 0 Å². The molecular formula is C16H14N2O2. The number of carboxylic acid groups (broad SMARTS) is 1. The molecule has 0 saturated carbocycles. The molecular weight excluding hydrogens is 252 g/mol. The lowest BCUT2D eigenvalue weighted by atomic mass is 10.1. The first kappa shape index (κ1) is 12.4. The summed E-state index contributed by atoms with van der Waals surface area (Å²) in [6, 6.07) is 14.8. The number of benzene rings is 2. The Labute approximate surface area is 116 Å². The van der Waals surface area contributed by atoms with Crippen molar-refractivity contribution in [1.82, 2.24) is 4.98 Å². The van der Waals surface area contributed by atoms with Crippen molar-refractivity contribution in [2.75, 3.05) is 5.32 Å². The maximum absolute atomic E-state index is 11.1. The Kier molecular flexibility index (Phi) is 2.99. The standard InChI is InChI=1S/C16H14N2O2/c1-10(16(19)20)17-15-11-6-2-4-8-13(11)18-14-9-5-3-7-12(14)15/h2-10H,1H3,(H,17,18)(H,19,20). The molecule has 1 unspecified atom stereocenters. The van der Waals surface area contributed by atoms with Gasteiger partial charge in [-0.15, -0.1) is 0 Å². The summed E-state index contributed by atoms with van der Waals surface area (Å²) in [5.74, 6) is -0.880. The van der Waals surface area contributed by atoms with Crippen LogP contribution in [0.25, 0.3) is 21.8 Å². The smallest absolute Gasteiger partial charge is 0.325 e. The van der Waals surface area contributed by atoms with Crippen LogP contribution < -0.4 is 5.32 Å². The third-order valence-corrected chi connectivity index (χ3v) is 3.32. The first-order valence-electron chi connectivity index (χ1n) is 6.43. The topological polar surface area (TPSA) is 62.2 Å². The van der Waals surface area contributed by atoms with Gasteiger partial charge >= 0.3 is 5.97 Å². The van der Waals surface area contributed by atoms with Gasteiger partial charge in [-0.2, -0.15) is 0 Å². The number of nitrogens with zero attached hydrogens (tertiary/aromatic N) is 1. The molecule has 0 amide bonds. The van der Waals surface area contributed by atoms with Crippen molar-refractivity contribution < 1.29 is 9.90 Å². The molecule has 1 aromatic heterocycles. The molecule has 0 aliphatic heterocycles. The lowest BCUT2D eigenvalue weighted by Gasteiger charge is -2.15. The van der Waals surface area contributed by atoms with Gasteiger partial charge in [0.2, 0.25) is 0 Å². The van der Waals surface area contributed by atoms with Crippen LogP contribution in [0.4, 0.5) is 5.69 Å². The van der Waals surface area contributed by atoms with Crippen LogP contribution in [0.3, 0.4) is 0 Å². The molecule has 3 rings (SSSR count). The summed E-state index contributed by atoms with van der Waals surface area (Å²) < 4.78 is 0. The average molecular weight is 266 g/mol. The van der Waals surface area contributed by atoms with Crippen LogP contribution in [-0.4, -0.2) is 22.1 Å². The number of carbonyl (C=O) groups is 1. The van der Waals surface area contributed by atoms with E-state index < -0.39 is 12.0 Å². The molecule has 0 bridgehead atoms. The second-order valence-electron chi connectivity index (χ2n) is 4.73. The second kappa shape index (κ2) is 4.81. The highest BCUT2D eigenvalue weighted by Crippen LogP contribution is 2.30. The zero-order chi connectivity index (χ0) is 14.1. The fraction of sp³-hybridized carbons (Fsp3) is 0.125. The van der Waals surface area contributed by atoms with Crippen LogP contribution in [0.15, 0.2) is 48.5 Å². The Morgan fingerprint density at radius 3 is 2.05 bits per heavy atom. The highest BCUT2D eigenvalue weighted by molar-refractivity contribution is 6.08. The van der Waals surface area contributed by atoms with Crippen LogP contribution in [0.1, 0.15) is 6.92 Å². The Morgan fingerprint density at radius 2 is 1.55 bits per heavy atom. The van der Waals surface area contributed by atoms with Gasteiger partial charge in [0.15, 0.2) is 0 Å². The largest absolute Gasteiger partial charge is 0.480 e. The van der Waals surface area contributed by atoms with E-state index in [2.05, 4.69) is 10.3 Å². The molecule has 0 aliphatic rings. The van der Waals surface area contributed by atoms with Gasteiger partial charge in [-0.3, -0.25) is 4.79 Å². The van der Waals surface area contributed by atoms with Crippen molar-refractivity contribution in [3.63, 3.8) is 0 Å². The average Bonchev–Trinajstić information content (AvgIpc) is 2.46. The van der Waals surface area contributed by atoms with Gasteiger partial charge < -0.3 is 10.4 Å². The van der Waals surface area contributed by atoms with Crippen LogP contribution in [0.5, 0.6) is 0 Å². The van der Waals surface area contributed by atoms with Crippen molar-refractivity contribution in [2.45, 2.75) is 13.0 Å². The lowest BCUT2D eigenvalue weighted by molar-refractivity contribution is -0.137. The number of carboxylic acids is 1. The third kappa shape index (κ3) is 2.05.